The first kappa shape index (κ1) is 19.5. The average Bonchev–Trinajstić information content (AvgIpc) is 3.24. The molecular formula is C25H26N4O2. The fourth-order valence-corrected chi connectivity index (χ4v) is 4.85. The van der Waals surface area contributed by atoms with Crippen LogP contribution in [-0.4, -0.2) is 50.5 Å². The summed E-state index contributed by atoms with van der Waals surface area (Å²) < 4.78 is 1.79. The van der Waals surface area contributed by atoms with Crippen molar-refractivity contribution < 1.29 is 9.59 Å². The van der Waals surface area contributed by atoms with Gasteiger partial charge in [-0.05, 0) is 37.1 Å². The Hall–Kier alpha value is -3.41. The number of hydrogen-bond acceptors (Lipinski definition) is 3. The van der Waals surface area contributed by atoms with Crippen LogP contribution >= 0.6 is 0 Å². The molecule has 0 aliphatic carbocycles. The maximum atomic E-state index is 13.7. The van der Waals surface area contributed by atoms with Crippen LogP contribution in [-0.2, 0) is 0 Å². The molecule has 0 N–H and O–H groups in total. The number of amides is 2. The van der Waals surface area contributed by atoms with Gasteiger partial charge in [-0.3, -0.25) is 9.59 Å². The highest BCUT2D eigenvalue weighted by molar-refractivity contribution is 5.99. The molecule has 2 aliphatic heterocycles. The van der Waals surface area contributed by atoms with Crippen molar-refractivity contribution >= 4 is 11.8 Å². The summed E-state index contributed by atoms with van der Waals surface area (Å²) in [5, 5.41) is 4.71. The van der Waals surface area contributed by atoms with Crippen molar-refractivity contribution in [2.75, 3.05) is 13.1 Å². The number of benzene rings is 2. The van der Waals surface area contributed by atoms with Crippen molar-refractivity contribution in [2.24, 2.45) is 5.92 Å². The number of fused-ring (bicyclic) bond motifs is 1. The van der Waals surface area contributed by atoms with E-state index in [0.717, 1.165) is 16.9 Å². The van der Waals surface area contributed by atoms with Gasteiger partial charge in [-0.2, -0.15) is 5.10 Å². The normalized spacial score (nSPS) is 18.5. The molecule has 0 bridgehead atoms. The highest BCUT2D eigenvalue weighted by atomic mass is 16.2. The van der Waals surface area contributed by atoms with Gasteiger partial charge in [0.05, 0.1) is 23.5 Å². The van der Waals surface area contributed by atoms with Crippen LogP contribution in [0.4, 0.5) is 0 Å². The summed E-state index contributed by atoms with van der Waals surface area (Å²) in [5.41, 5.74) is 4.16. The highest BCUT2D eigenvalue weighted by Crippen LogP contribution is 2.43. The number of hydrogen-bond donors (Lipinski definition) is 0. The molecule has 31 heavy (non-hydrogen) atoms. The zero-order chi connectivity index (χ0) is 21.7. The summed E-state index contributed by atoms with van der Waals surface area (Å²) in [5.74, 6) is 0.278. The second kappa shape index (κ2) is 7.38. The molecule has 3 heterocycles. The minimum absolute atomic E-state index is 0.00923. The van der Waals surface area contributed by atoms with Gasteiger partial charge in [0.1, 0.15) is 5.69 Å². The van der Waals surface area contributed by atoms with E-state index in [1.165, 1.54) is 0 Å². The molecule has 6 heteroatoms. The molecule has 2 aromatic carbocycles. The Morgan fingerprint density at radius 3 is 2.23 bits per heavy atom. The summed E-state index contributed by atoms with van der Waals surface area (Å²) in [6, 6.07) is 19.1. The SMILES string of the molecule is Cc1nn(-c2ccccc2)c2c1C(C(C)C)N(C1CN(C(=O)c3ccccc3)C1)C2=O. The fraction of sp³-hybridized carbons (Fsp3) is 0.320. The van der Waals surface area contributed by atoms with Gasteiger partial charge >= 0.3 is 0 Å². The second-order valence-corrected chi connectivity index (χ2v) is 8.73. The van der Waals surface area contributed by atoms with Gasteiger partial charge in [-0.1, -0.05) is 50.2 Å². The maximum absolute atomic E-state index is 13.7. The van der Waals surface area contributed by atoms with E-state index in [1.54, 1.807) is 4.68 Å². The number of rotatable bonds is 4. The minimum Gasteiger partial charge on any atom is -0.334 e. The lowest BCUT2D eigenvalue weighted by molar-refractivity contribution is 0.00829. The average molecular weight is 415 g/mol. The van der Waals surface area contributed by atoms with E-state index < -0.39 is 0 Å². The first-order valence-corrected chi connectivity index (χ1v) is 10.8. The smallest absolute Gasteiger partial charge is 0.273 e. The van der Waals surface area contributed by atoms with Crippen molar-refractivity contribution in [2.45, 2.75) is 32.9 Å². The summed E-state index contributed by atoms with van der Waals surface area (Å²) >= 11 is 0. The van der Waals surface area contributed by atoms with E-state index >= 15 is 0 Å². The fourth-order valence-electron chi connectivity index (χ4n) is 4.85. The molecule has 1 atom stereocenters. The molecule has 0 saturated carbocycles. The Morgan fingerprint density at radius 1 is 1.00 bits per heavy atom. The predicted molar refractivity (Wildman–Crippen MR) is 118 cm³/mol. The van der Waals surface area contributed by atoms with Crippen LogP contribution in [0.5, 0.6) is 0 Å². The van der Waals surface area contributed by atoms with E-state index in [0.29, 0.717) is 24.3 Å². The van der Waals surface area contributed by atoms with Crippen molar-refractivity contribution in [1.82, 2.24) is 19.6 Å². The molecule has 1 aromatic heterocycles. The number of nitrogens with zero attached hydrogens (tertiary/aromatic N) is 4. The summed E-state index contributed by atoms with van der Waals surface area (Å²) in [6.45, 7) is 7.39. The lowest BCUT2D eigenvalue weighted by Gasteiger charge is -2.47. The number of para-hydroxylation sites is 1. The third kappa shape index (κ3) is 3.05. The monoisotopic (exact) mass is 414 g/mol. The molecule has 0 spiro atoms. The van der Waals surface area contributed by atoms with Crippen molar-refractivity contribution in [1.29, 1.82) is 0 Å². The summed E-state index contributed by atoms with van der Waals surface area (Å²) in [6.07, 6.45) is 0. The number of likely N-dealkylation sites (tertiary alicyclic amines) is 1. The van der Waals surface area contributed by atoms with E-state index in [1.807, 2.05) is 77.4 Å². The standard InChI is InChI=1S/C25H26N4O2/c1-16(2)22-21-17(3)26-29(19-12-8-5-9-13-19)23(21)25(31)28(22)20-14-27(15-20)24(30)18-10-6-4-7-11-18/h4-13,16,20,22H,14-15H2,1-3H3. The molecule has 0 radical (unpaired) electrons. The molecule has 2 aliphatic rings. The first-order valence-electron chi connectivity index (χ1n) is 10.8. The topological polar surface area (TPSA) is 58.4 Å². The Kier molecular flexibility index (Phi) is 4.65. The van der Waals surface area contributed by atoms with Gasteiger partial charge in [-0.25, -0.2) is 4.68 Å². The van der Waals surface area contributed by atoms with Crippen LogP contribution in [0.15, 0.2) is 60.7 Å². The minimum atomic E-state index is -0.0288. The van der Waals surface area contributed by atoms with Gasteiger partial charge in [0, 0.05) is 24.2 Å². The van der Waals surface area contributed by atoms with E-state index in [9.17, 15) is 9.59 Å². The predicted octanol–water partition coefficient (Wildman–Crippen LogP) is 3.86. The Balaban J connectivity index is 1.44. The van der Waals surface area contributed by atoms with Gasteiger partial charge in [0.2, 0.25) is 0 Å². The van der Waals surface area contributed by atoms with Crippen LogP contribution in [0, 0.1) is 12.8 Å². The molecular weight excluding hydrogens is 388 g/mol. The van der Waals surface area contributed by atoms with Gasteiger partial charge in [0.15, 0.2) is 0 Å². The van der Waals surface area contributed by atoms with Crippen LogP contribution in [0.3, 0.4) is 0 Å². The number of aryl methyl sites for hydroxylation is 1. The molecule has 1 saturated heterocycles. The molecule has 1 fully saturated rings. The van der Waals surface area contributed by atoms with E-state index in [4.69, 9.17) is 5.10 Å². The largest absolute Gasteiger partial charge is 0.334 e. The van der Waals surface area contributed by atoms with Crippen LogP contribution in [0.1, 0.15) is 52.0 Å². The van der Waals surface area contributed by atoms with Crippen LogP contribution < -0.4 is 0 Å². The number of carbonyl (C=O) groups is 2. The summed E-state index contributed by atoms with van der Waals surface area (Å²) in [7, 11) is 0. The lowest BCUT2D eigenvalue weighted by Crippen LogP contribution is -2.62. The quantitative estimate of drug-likeness (QED) is 0.651. The highest BCUT2D eigenvalue weighted by Gasteiger charge is 2.49. The second-order valence-electron chi connectivity index (χ2n) is 8.73. The lowest BCUT2D eigenvalue weighted by atomic mass is 9.94. The van der Waals surface area contributed by atoms with Gasteiger partial charge in [-0.15, -0.1) is 0 Å². The van der Waals surface area contributed by atoms with Gasteiger partial charge < -0.3 is 9.80 Å². The summed E-state index contributed by atoms with van der Waals surface area (Å²) in [4.78, 5) is 30.2. The molecule has 1 unspecified atom stereocenters. The number of carbonyl (C=O) groups excluding carboxylic acids is 2. The third-order valence-corrected chi connectivity index (χ3v) is 6.34. The van der Waals surface area contributed by atoms with Crippen LogP contribution in [0.25, 0.3) is 5.69 Å². The molecule has 2 amide bonds. The van der Waals surface area contributed by atoms with Crippen LogP contribution in [0.2, 0.25) is 0 Å². The zero-order valence-corrected chi connectivity index (χ0v) is 18.0. The first-order chi connectivity index (χ1) is 15.0. The van der Waals surface area contributed by atoms with Crippen molar-refractivity contribution in [3.05, 3.63) is 83.2 Å². The van der Waals surface area contributed by atoms with Gasteiger partial charge in [0.25, 0.3) is 11.8 Å². The molecule has 158 valence electrons. The maximum Gasteiger partial charge on any atom is 0.273 e. The van der Waals surface area contributed by atoms with E-state index in [2.05, 4.69) is 13.8 Å². The molecule has 5 rings (SSSR count). The Bertz CT molecular complexity index is 1130. The van der Waals surface area contributed by atoms with Crippen molar-refractivity contribution in [3.8, 4) is 5.69 Å². The number of aromatic nitrogens is 2. The molecule has 6 nitrogen and oxygen atoms in total. The van der Waals surface area contributed by atoms with Crippen molar-refractivity contribution in [3.63, 3.8) is 0 Å². The van der Waals surface area contributed by atoms with E-state index in [-0.39, 0.29) is 29.8 Å². The Morgan fingerprint density at radius 2 is 1.61 bits per heavy atom. The molecule has 3 aromatic rings. The Labute approximate surface area is 182 Å². The third-order valence-electron chi connectivity index (χ3n) is 6.34. The zero-order valence-electron chi connectivity index (χ0n) is 18.0.